The minimum absolute atomic E-state index is 0.486. The van der Waals surface area contributed by atoms with Gasteiger partial charge in [0.05, 0.1) is 0 Å². The first-order valence-electron chi connectivity index (χ1n) is 8.01. The van der Waals surface area contributed by atoms with Crippen LogP contribution in [0.1, 0.15) is 30.4 Å². The highest BCUT2D eigenvalue weighted by molar-refractivity contribution is 5.44. The molecular formula is C19H23NO2. The van der Waals surface area contributed by atoms with Crippen molar-refractivity contribution in [3.8, 4) is 11.5 Å². The normalized spacial score (nSPS) is 14.6. The fourth-order valence-electron chi connectivity index (χ4n) is 2.80. The molecule has 0 aliphatic carbocycles. The van der Waals surface area contributed by atoms with Crippen molar-refractivity contribution in [3.05, 3.63) is 59.7 Å². The Hall–Kier alpha value is -2.00. The molecule has 3 rings (SSSR count). The molecule has 116 valence electrons. The molecule has 0 spiro atoms. The van der Waals surface area contributed by atoms with E-state index in [1.54, 1.807) is 0 Å². The third-order valence-corrected chi connectivity index (χ3v) is 4.09. The van der Waals surface area contributed by atoms with Crippen LogP contribution in [-0.2, 0) is 6.54 Å². The Kier molecular flexibility index (Phi) is 4.96. The largest absolute Gasteiger partial charge is 0.486 e. The van der Waals surface area contributed by atoms with Gasteiger partial charge in [0.1, 0.15) is 13.2 Å². The fourth-order valence-corrected chi connectivity index (χ4v) is 2.80. The van der Waals surface area contributed by atoms with Gasteiger partial charge >= 0.3 is 0 Å². The summed E-state index contributed by atoms with van der Waals surface area (Å²) in [7, 11) is 0. The van der Waals surface area contributed by atoms with Crippen molar-refractivity contribution in [2.45, 2.75) is 25.8 Å². The van der Waals surface area contributed by atoms with Crippen molar-refractivity contribution < 1.29 is 9.47 Å². The summed E-state index contributed by atoms with van der Waals surface area (Å²) >= 11 is 0. The van der Waals surface area contributed by atoms with Gasteiger partial charge in [-0.2, -0.15) is 0 Å². The topological polar surface area (TPSA) is 30.5 Å². The zero-order valence-electron chi connectivity index (χ0n) is 13.0. The molecule has 0 amide bonds. The molecule has 0 saturated carbocycles. The number of ether oxygens (including phenoxy) is 2. The highest BCUT2D eigenvalue weighted by Gasteiger charge is 2.15. The number of fused-ring (bicyclic) bond motifs is 1. The summed E-state index contributed by atoms with van der Waals surface area (Å²) in [5.74, 6) is 2.23. The van der Waals surface area contributed by atoms with Crippen LogP contribution >= 0.6 is 0 Å². The molecule has 1 aliphatic heterocycles. The van der Waals surface area contributed by atoms with Gasteiger partial charge < -0.3 is 14.8 Å². The van der Waals surface area contributed by atoms with E-state index in [1.807, 2.05) is 12.1 Å². The van der Waals surface area contributed by atoms with Gasteiger partial charge in [-0.05, 0) is 35.6 Å². The van der Waals surface area contributed by atoms with E-state index in [0.717, 1.165) is 31.0 Å². The SMILES string of the molecule is CC[C@@H](CNCc1ccccc1)c1ccc2c(c1)OCCO2. The number of nitrogens with one attached hydrogen (secondary N) is 1. The minimum atomic E-state index is 0.486. The molecule has 0 aromatic heterocycles. The first-order chi connectivity index (χ1) is 10.9. The molecule has 0 saturated heterocycles. The third-order valence-electron chi connectivity index (χ3n) is 4.09. The Morgan fingerprint density at radius 3 is 2.55 bits per heavy atom. The Morgan fingerprint density at radius 2 is 1.77 bits per heavy atom. The van der Waals surface area contributed by atoms with Gasteiger partial charge in [-0.1, -0.05) is 43.3 Å². The van der Waals surface area contributed by atoms with Gasteiger partial charge in [0.15, 0.2) is 11.5 Å². The highest BCUT2D eigenvalue weighted by Crippen LogP contribution is 2.33. The number of rotatable bonds is 6. The van der Waals surface area contributed by atoms with Gasteiger partial charge in [0, 0.05) is 13.1 Å². The first kappa shape index (κ1) is 14.9. The molecule has 3 heteroatoms. The molecule has 0 bridgehead atoms. The van der Waals surface area contributed by atoms with Crippen LogP contribution in [0.4, 0.5) is 0 Å². The van der Waals surface area contributed by atoms with E-state index < -0.39 is 0 Å². The van der Waals surface area contributed by atoms with Gasteiger partial charge in [0.25, 0.3) is 0 Å². The summed E-state index contributed by atoms with van der Waals surface area (Å²) in [6, 6.07) is 16.8. The van der Waals surface area contributed by atoms with E-state index in [4.69, 9.17) is 9.47 Å². The zero-order chi connectivity index (χ0) is 15.2. The van der Waals surface area contributed by atoms with Crippen molar-refractivity contribution in [3.63, 3.8) is 0 Å². The molecule has 2 aromatic carbocycles. The molecule has 22 heavy (non-hydrogen) atoms. The molecule has 1 atom stereocenters. The summed E-state index contributed by atoms with van der Waals surface area (Å²) < 4.78 is 11.3. The van der Waals surface area contributed by atoms with Crippen molar-refractivity contribution >= 4 is 0 Å². The predicted octanol–water partition coefficient (Wildman–Crippen LogP) is 3.74. The van der Waals surface area contributed by atoms with E-state index >= 15 is 0 Å². The van der Waals surface area contributed by atoms with E-state index in [-0.39, 0.29) is 0 Å². The average molecular weight is 297 g/mol. The van der Waals surface area contributed by atoms with Gasteiger partial charge in [-0.25, -0.2) is 0 Å². The lowest BCUT2D eigenvalue weighted by Crippen LogP contribution is -2.21. The first-order valence-corrected chi connectivity index (χ1v) is 8.01. The molecule has 2 aromatic rings. The van der Waals surface area contributed by atoms with Gasteiger partial charge in [-0.3, -0.25) is 0 Å². The van der Waals surface area contributed by atoms with E-state index in [0.29, 0.717) is 19.1 Å². The summed E-state index contributed by atoms with van der Waals surface area (Å²) in [5, 5.41) is 3.56. The fraction of sp³-hybridized carbons (Fsp3) is 0.368. The average Bonchev–Trinajstić information content (AvgIpc) is 2.59. The predicted molar refractivity (Wildman–Crippen MR) is 88.6 cm³/mol. The Bertz CT molecular complexity index is 598. The summed E-state index contributed by atoms with van der Waals surface area (Å²) in [6.07, 6.45) is 1.10. The maximum absolute atomic E-state index is 5.69. The van der Waals surface area contributed by atoms with Crippen LogP contribution < -0.4 is 14.8 Å². The number of hydrogen-bond acceptors (Lipinski definition) is 3. The quantitative estimate of drug-likeness (QED) is 0.881. The maximum atomic E-state index is 5.69. The van der Waals surface area contributed by atoms with Crippen LogP contribution in [0.15, 0.2) is 48.5 Å². The second-order valence-corrected chi connectivity index (χ2v) is 5.62. The summed E-state index contributed by atoms with van der Waals surface area (Å²) in [6.45, 7) is 5.38. The lowest BCUT2D eigenvalue weighted by atomic mass is 9.96. The molecule has 0 fully saturated rings. The molecule has 1 heterocycles. The zero-order valence-corrected chi connectivity index (χ0v) is 13.0. The van der Waals surface area contributed by atoms with E-state index in [1.165, 1.54) is 11.1 Å². The van der Waals surface area contributed by atoms with Crippen LogP contribution in [-0.4, -0.2) is 19.8 Å². The molecular weight excluding hydrogens is 274 g/mol. The van der Waals surface area contributed by atoms with Crippen LogP contribution in [0.5, 0.6) is 11.5 Å². The van der Waals surface area contributed by atoms with Gasteiger partial charge in [0.2, 0.25) is 0 Å². The molecule has 1 N–H and O–H groups in total. The van der Waals surface area contributed by atoms with Crippen molar-refractivity contribution in [1.29, 1.82) is 0 Å². The van der Waals surface area contributed by atoms with Crippen LogP contribution in [0, 0.1) is 0 Å². The molecule has 3 nitrogen and oxygen atoms in total. The Labute approximate surface area is 132 Å². The number of benzene rings is 2. The monoisotopic (exact) mass is 297 g/mol. The summed E-state index contributed by atoms with van der Waals surface area (Å²) in [4.78, 5) is 0. The summed E-state index contributed by atoms with van der Waals surface area (Å²) in [5.41, 5.74) is 2.63. The molecule has 0 unspecified atom stereocenters. The van der Waals surface area contributed by atoms with E-state index in [9.17, 15) is 0 Å². The Balaban J connectivity index is 1.61. The van der Waals surface area contributed by atoms with Crippen molar-refractivity contribution in [1.82, 2.24) is 5.32 Å². The van der Waals surface area contributed by atoms with Crippen LogP contribution in [0.25, 0.3) is 0 Å². The highest BCUT2D eigenvalue weighted by atomic mass is 16.6. The smallest absolute Gasteiger partial charge is 0.161 e. The maximum Gasteiger partial charge on any atom is 0.161 e. The van der Waals surface area contributed by atoms with Crippen LogP contribution in [0.3, 0.4) is 0 Å². The van der Waals surface area contributed by atoms with Crippen molar-refractivity contribution in [2.24, 2.45) is 0 Å². The second-order valence-electron chi connectivity index (χ2n) is 5.62. The number of hydrogen-bond donors (Lipinski definition) is 1. The minimum Gasteiger partial charge on any atom is -0.486 e. The molecule has 0 radical (unpaired) electrons. The second kappa shape index (κ2) is 7.32. The van der Waals surface area contributed by atoms with E-state index in [2.05, 4.69) is 48.6 Å². The van der Waals surface area contributed by atoms with Crippen LogP contribution in [0.2, 0.25) is 0 Å². The lowest BCUT2D eigenvalue weighted by Gasteiger charge is -2.22. The van der Waals surface area contributed by atoms with Gasteiger partial charge in [-0.15, -0.1) is 0 Å². The lowest BCUT2D eigenvalue weighted by molar-refractivity contribution is 0.171. The standard InChI is InChI=1S/C19H23NO2/c1-2-16(14-20-13-15-6-4-3-5-7-15)17-8-9-18-19(12-17)22-11-10-21-18/h3-9,12,16,20H,2,10-11,13-14H2,1H3/t16-/m0/s1. The third kappa shape index (κ3) is 3.60. The molecule has 1 aliphatic rings. The van der Waals surface area contributed by atoms with Crippen molar-refractivity contribution in [2.75, 3.05) is 19.8 Å². The Morgan fingerprint density at radius 1 is 1.00 bits per heavy atom.